The summed E-state index contributed by atoms with van der Waals surface area (Å²) in [6.07, 6.45) is 1.60. The molecule has 116 valence electrons. The minimum absolute atomic E-state index is 0.215. The number of piperidine rings is 1. The Balaban J connectivity index is 2.44. The van der Waals surface area contributed by atoms with E-state index < -0.39 is 13.9 Å². The van der Waals surface area contributed by atoms with E-state index in [-0.39, 0.29) is 6.09 Å². The summed E-state index contributed by atoms with van der Waals surface area (Å²) in [6, 6.07) is 0. The van der Waals surface area contributed by atoms with Crippen molar-refractivity contribution in [1.29, 1.82) is 0 Å². The van der Waals surface area contributed by atoms with Crippen LogP contribution in [0.25, 0.3) is 0 Å². The van der Waals surface area contributed by atoms with Crippen LogP contribution >= 0.6 is 0 Å². The number of nitrogens with zero attached hydrogens (tertiary/aromatic N) is 1. The summed E-state index contributed by atoms with van der Waals surface area (Å²) in [6.45, 7) is 17.7. The van der Waals surface area contributed by atoms with Gasteiger partial charge in [0.15, 0.2) is 0 Å². The largest absolute Gasteiger partial charge is 0.548 e. The average Bonchev–Trinajstić information content (AvgIpc) is 2.24. The zero-order valence-corrected chi connectivity index (χ0v) is 14.8. The first-order chi connectivity index (χ1) is 8.98. The molecule has 0 spiro atoms. The van der Waals surface area contributed by atoms with Crippen molar-refractivity contribution in [2.75, 3.05) is 13.1 Å². The van der Waals surface area contributed by atoms with Crippen LogP contribution in [0.1, 0.15) is 33.6 Å². The first-order valence-corrected chi connectivity index (χ1v) is 10.7. The molecule has 0 aromatic rings. The molecular formula is C15H29NO3Si. The normalized spacial score (nSPS) is 17.8. The molecule has 1 aliphatic rings. The highest BCUT2D eigenvalue weighted by Crippen LogP contribution is 2.27. The SMILES string of the molecule is C=C(O[Si](C)(C)C)C1CCN(C(=O)OC(C)(C)C)CC1. The summed E-state index contributed by atoms with van der Waals surface area (Å²) in [7, 11) is -1.58. The molecule has 4 nitrogen and oxygen atoms in total. The van der Waals surface area contributed by atoms with Crippen molar-refractivity contribution in [2.45, 2.75) is 58.9 Å². The fourth-order valence-electron chi connectivity index (χ4n) is 2.19. The Bertz CT molecular complexity index is 324. The highest BCUT2D eigenvalue weighted by molar-refractivity contribution is 6.70. The lowest BCUT2D eigenvalue weighted by Crippen LogP contribution is -2.42. The molecule has 0 aromatic heterocycles. The third-order valence-corrected chi connectivity index (χ3v) is 3.91. The predicted molar refractivity (Wildman–Crippen MR) is 84.1 cm³/mol. The topological polar surface area (TPSA) is 38.8 Å². The number of carbonyl (C=O) groups excluding carboxylic acids is 1. The monoisotopic (exact) mass is 299 g/mol. The molecule has 1 fully saturated rings. The molecule has 0 saturated carbocycles. The Morgan fingerprint density at radius 2 is 1.70 bits per heavy atom. The van der Waals surface area contributed by atoms with Crippen LogP contribution in [0.3, 0.4) is 0 Å². The lowest BCUT2D eigenvalue weighted by atomic mass is 9.96. The van der Waals surface area contributed by atoms with Crippen molar-refractivity contribution >= 4 is 14.4 Å². The van der Waals surface area contributed by atoms with E-state index in [1.165, 1.54) is 0 Å². The number of rotatable bonds is 3. The standard InChI is InChI=1S/C15H29NO3Si/c1-12(19-20(5,6)7)13-8-10-16(11-9-13)14(17)18-15(2,3)4/h13H,1,8-11H2,2-7H3. The van der Waals surface area contributed by atoms with Gasteiger partial charge >= 0.3 is 6.09 Å². The zero-order chi connectivity index (χ0) is 15.6. The van der Waals surface area contributed by atoms with Crippen LogP contribution in [0.2, 0.25) is 19.6 Å². The third-order valence-electron chi connectivity index (χ3n) is 3.04. The average molecular weight is 299 g/mol. The first kappa shape index (κ1) is 17.1. The molecule has 0 aliphatic carbocycles. The molecule has 0 radical (unpaired) electrons. The Labute approximate surface area is 124 Å². The number of allylic oxidation sites excluding steroid dienone is 1. The van der Waals surface area contributed by atoms with E-state index >= 15 is 0 Å². The lowest BCUT2D eigenvalue weighted by molar-refractivity contribution is 0.0184. The summed E-state index contributed by atoms with van der Waals surface area (Å²) < 4.78 is 11.4. The fraction of sp³-hybridized carbons (Fsp3) is 0.800. The van der Waals surface area contributed by atoms with E-state index in [0.717, 1.165) is 18.6 Å². The fourth-order valence-corrected chi connectivity index (χ4v) is 3.14. The van der Waals surface area contributed by atoms with E-state index in [0.29, 0.717) is 19.0 Å². The molecule has 0 atom stereocenters. The summed E-state index contributed by atoms with van der Waals surface area (Å²) >= 11 is 0. The number of carbonyl (C=O) groups is 1. The van der Waals surface area contributed by atoms with Crippen LogP contribution in [-0.4, -0.2) is 38.0 Å². The predicted octanol–water partition coefficient (Wildman–Crippen LogP) is 4.00. The van der Waals surface area contributed by atoms with E-state index in [1.807, 2.05) is 20.8 Å². The van der Waals surface area contributed by atoms with Gasteiger partial charge in [0.2, 0.25) is 8.32 Å². The molecular weight excluding hydrogens is 270 g/mol. The van der Waals surface area contributed by atoms with E-state index in [2.05, 4.69) is 26.2 Å². The summed E-state index contributed by atoms with van der Waals surface area (Å²) in [5.41, 5.74) is -0.432. The van der Waals surface area contributed by atoms with Gasteiger partial charge in [0.05, 0.1) is 5.76 Å². The van der Waals surface area contributed by atoms with E-state index in [1.54, 1.807) is 4.90 Å². The molecule has 1 saturated heterocycles. The number of likely N-dealkylation sites (tertiary alicyclic amines) is 1. The third kappa shape index (κ3) is 5.99. The smallest absolute Gasteiger partial charge is 0.410 e. The van der Waals surface area contributed by atoms with Crippen LogP contribution in [0.5, 0.6) is 0 Å². The van der Waals surface area contributed by atoms with Gasteiger partial charge in [0, 0.05) is 19.0 Å². The second-order valence-corrected chi connectivity index (χ2v) is 11.9. The Kier molecular flexibility index (Phi) is 5.30. The van der Waals surface area contributed by atoms with Crippen LogP contribution in [0.15, 0.2) is 12.3 Å². The highest BCUT2D eigenvalue weighted by Gasteiger charge is 2.29. The minimum Gasteiger partial charge on any atom is -0.548 e. The first-order valence-electron chi connectivity index (χ1n) is 7.34. The highest BCUT2D eigenvalue weighted by atomic mass is 28.4. The van der Waals surface area contributed by atoms with Gasteiger partial charge in [-0.05, 0) is 53.3 Å². The van der Waals surface area contributed by atoms with Crippen molar-refractivity contribution in [3.8, 4) is 0 Å². The molecule has 0 aromatic carbocycles. The van der Waals surface area contributed by atoms with Gasteiger partial charge in [-0.15, -0.1) is 0 Å². The van der Waals surface area contributed by atoms with Gasteiger partial charge in [-0.25, -0.2) is 4.79 Å². The van der Waals surface area contributed by atoms with Gasteiger partial charge in [-0.1, -0.05) is 6.58 Å². The second kappa shape index (κ2) is 6.20. The molecule has 0 bridgehead atoms. The van der Waals surface area contributed by atoms with Gasteiger partial charge in [0.25, 0.3) is 0 Å². The Morgan fingerprint density at radius 1 is 1.20 bits per heavy atom. The molecule has 5 heteroatoms. The number of amides is 1. The zero-order valence-electron chi connectivity index (χ0n) is 13.8. The molecule has 0 unspecified atom stereocenters. The maximum absolute atomic E-state index is 12.0. The summed E-state index contributed by atoms with van der Waals surface area (Å²) in [5.74, 6) is 1.26. The van der Waals surface area contributed by atoms with Crippen molar-refractivity contribution in [1.82, 2.24) is 4.90 Å². The Morgan fingerprint density at radius 3 is 2.10 bits per heavy atom. The quantitative estimate of drug-likeness (QED) is 0.584. The molecule has 1 heterocycles. The summed E-state index contributed by atoms with van der Waals surface area (Å²) in [5, 5.41) is 0. The van der Waals surface area contributed by atoms with Crippen LogP contribution in [0, 0.1) is 5.92 Å². The summed E-state index contributed by atoms with van der Waals surface area (Å²) in [4.78, 5) is 13.8. The van der Waals surface area contributed by atoms with Gasteiger partial charge in [-0.2, -0.15) is 0 Å². The molecule has 1 rings (SSSR count). The molecule has 1 aliphatic heterocycles. The molecule has 1 amide bonds. The van der Waals surface area contributed by atoms with Gasteiger partial charge < -0.3 is 14.1 Å². The lowest BCUT2D eigenvalue weighted by Gasteiger charge is -2.35. The Hall–Kier alpha value is -0.973. The van der Waals surface area contributed by atoms with Gasteiger partial charge in [0.1, 0.15) is 5.60 Å². The van der Waals surface area contributed by atoms with Crippen molar-refractivity contribution in [2.24, 2.45) is 5.92 Å². The van der Waals surface area contributed by atoms with Crippen molar-refractivity contribution in [3.05, 3.63) is 12.3 Å². The molecule has 20 heavy (non-hydrogen) atoms. The number of ether oxygens (including phenoxy) is 1. The second-order valence-electron chi connectivity index (χ2n) is 7.42. The molecule has 0 N–H and O–H groups in total. The van der Waals surface area contributed by atoms with Crippen LogP contribution < -0.4 is 0 Å². The van der Waals surface area contributed by atoms with Crippen molar-refractivity contribution in [3.63, 3.8) is 0 Å². The van der Waals surface area contributed by atoms with E-state index in [4.69, 9.17) is 9.16 Å². The number of hydrogen-bond donors (Lipinski definition) is 0. The van der Waals surface area contributed by atoms with Crippen molar-refractivity contribution < 1.29 is 14.0 Å². The van der Waals surface area contributed by atoms with Crippen LogP contribution in [0.4, 0.5) is 4.79 Å². The maximum Gasteiger partial charge on any atom is 0.410 e. The number of hydrogen-bond acceptors (Lipinski definition) is 3. The maximum atomic E-state index is 12.0. The minimum atomic E-state index is -1.58. The van der Waals surface area contributed by atoms with Crippen LogP contribution in [-0.2, 0) is 9.16 Å². The van der Waals surface area contributed by atoms with E-state index in [9.17, 15) is 4.79 Å². The van der Waals surface area contributed by atoms with Gasteiger partial charge in [-0.3, -0.25) is 0 Å².